The fourth-order valence-corrected chi connectivity index (χ4v) is 3.19. The SMILES string of the molecule is Cc1cc(Oc2ncnc(Oc3ccc(Br)c4cccnc34)c2N)ccc1Cl. The average Bonchev–Trinajstić information content (AvgIpc) is 2.70. The molecule has 2 aromatic heterocycles. The monoisotopic (exact) mass is 456 g/mol. The van der Waals surface area contributed by atoms with Gasteiger partial charge in [-0.05, 0) is 48.9 Å². The molecule has 140 valence electrons. The van der Waals surface area contributed by atoms with E-state index >= 15 is 0 Å². The minimum absolute atomic E-state index is 0.183. The highest BCUT2D eigenvalue weighted by Gasteiger charge is 2.15. The molecule has 0 saturated heterocycles. The van der Waals surface area contributed by atoms with E-state index in [1.165, 1.54) is 6.33 Å². The normalized spacial score (nSPS) is 10.8. The Morgan fingerprint density at radius 2 is 1.79 bits per heavy atom. The number of nitrogens with two attached hydrogens (primary N) is 1. The number of pyridine rings is 1. The van der Waals surface area contributed by atoms with Crippen LogP contribution in [0, 0.1) is 6.92 Å². The van der Waals surface area contributed by atoms with Crippen molar-refractivity contribution in [2.45, 2.75) is 6.92 Å². The molecule has 0 radical (unpaired) electrons. The third kappa shape index (κ3) is 3.58. The molecule has 0 unspecified atom stereocenters. The lowest BCUT2D eigenvalue weighted by Crippen LogP contribution is -2.01. The number of hydrogen-bond donors (Lipinski definition) is 1. The maximum atomic E-state index is 6.19. The number of nitrogen functional groups attached to an aromatic ring is 1. The average molecular weight is 458 g/mol. The number of ether oxygens (including phenoxy) is 2. The second-order valence-corrected chi connectivity index (χ2v) is 7.22. The topological polar surface area (TPSA) is 83.2 Å². The molecule has 2 heterocycles. The van der Waals surface area contributed by atoms with Crippen molar-refractivity contribution < 1.29 is 9.47 Å². The molecule has 2 N–H and O–H groups in total. The number of nitrogens with zero attached hydrogens (tertiary/aromatic N) is 3. The van der Waals surface area contributed by atoms with E-state index in [0.29, 0.717) is 22.0 Å². The van der Waals surface area contributed by atoms with Crippen molar-refractivity contribution in [3.8, 4) is 23.3 Å². The first-order chi connectivity index (χ1) is 13.5. The van der Waals surface area contributed by atoms with Gasteiger partial charge in [0, 0.05) is 21.1 Å². The number of aromatic nitrogens is 3. The Morgan fingerprint density at radius 3 is 2.57 bits per heavy atom. The fourth-order valence-electron chi connectivity index (χ4n) is 2.62. The van der Waals surface area contributed by atoms with Crippen LogP contribution >= 0.6 is 27.5 Å². The lowest BCUT2D eigenvalue weighted by Gasteiger charge is -2.12. The fraction of sp³-hybridized carbons (Fsp3) is 0.0500. The van der Waals surface area contributed by atoms with Crippen LogP contribution < -0.4 is 15.2 Å². The van der Waals surface area contributed by atoms with Gasteiger partial charge in [0.2, 0.25) is 11.8 Å². The summed E-state index contributed by atoms with van der Waals surface area (Å²) in [7, 11) is 0. The third-order valence-electron chi connectivity index (χ3n) is 4.04. The van der Waals surface area contributed by atoms with E-state index in [1.807, 2.05) is 25.1 Å². The first kappa shape index (κ1) is 18.5. The Kier molecular flexibility index (Phi) is 5.02. The molecule has 0 atom stereocenters. The van der Waals surface area contributed by atoms with Gasteiger partial charge in [0.1, 0.15) is 17.6 Å². The van der Waals surface area contributed by atoms with Gasteiger partial charge < -0.3 is 15.2 Å². The van der Waals surface area contributed by atoms with Gasteiger partial charge in [-0.3, -0.25) is 4.98 Å². The van der Waals surface area contributed by atoms with Gasteiger partial charge in [0.15, 0.2) is 11.4 Å². The minimum Gasteiger partial charge on any atom is -0.437 e. The highest BCUT2D eigenvalue weighted by molar-refractivity contribution is 9.10. The summed E-state index contributed by atoms with van der Waals surface area (Å²) >= 11 is 9.57. The van der Waals surface area contributed by atoms with Gasteiger partial charge in [-0.15, -0.1) is 0 Å². The molecule has 4 aromatic rings. The Balaban J connectivity index is 1.68. The highest BCUT2D eigenvalue weighted by Crippen LogP contribution is 2.37. The van der Waals surface area contributed by atoms with Crippen molar-refractivity contribution in [3.05, 3.63) is 70.0 Å². The predicted octanol–water partition coefficient (Wildman–Crippen LogP) is 5.92. The van der Waals surface area contributed by atoms with E-state index in [0.717, 1.165) is 15.4 Å². The van der Waals surface area contributed by atoms with Crippen LogP contribution in [0.2, 0.25) is 5.02 Å². The standard InChI is InChI=1S/C20H14BrClN4O2/c1-11-9-12(4-6-15(11)22)27-19-17(23)20(26-10-25-19)28-16-7-5-14(21)13-3-2-8-24-18(13)16/h2-10H,23H2,1H3. The number of aryl methyl sites for hydroxylation is 1. The van der Waals surface area contributed by atoms with Crippen molar-refractivity contribution in [1.82, 2.24) is 15.0 Å². The third-order valence-corrected chi connectivity index (χ3v) is 5.16. The first-order valence-corrected chi connectivity index (χ1v) is 9.45. The molecule has 0 fully saturated rings. The van der Waals surface area contributed by atoms with E-state index in [-0.39, 0.29) is 17.4 Å². The van der Waals surface area contributed by atoms with E-state index in [4.69, 9.17) is 26.8 Å². The number of benzene rings is 2. The molecule has 2 aromatic carbocycles. The summed E-state index contributed by atoms with van der Waals surface area (Å²) in [6.07, 6.45) is 3.03. The van der Waals surface area contributed by atoms with Crippen molar-refractivity contribution in [3.63, 3.8) is 0 Å². The summed E-state index contributed by atoms with van der Waals surface area (Å²) in [5.74, 6) is 1.47. The van der Waals surface area contributed by atoms with Crippen LogP contribution in [-0.2, 0) is 0 Å². The lowest BCUT2D eigenvalue weighted by molar-refractivity contribution is 0.440. The van der Waals surface area contributed by atoms with Crippen LogP contribution in [0.5, 0.6) is 23.3 Å². The Hall–Kier alpha value is -2.90. The Morgan fingerprint density at radius 1 is 1.00 bits per heavy atom. The quantitative estimate of drug-likeness (QED) is 0.410. The summed E-state index contributed by atoms with van der Waals surface area (Å²) in [5.41, 5.74) is 7.94. The van der Waals surface area contributed by atoms with Gasteiger partial charge in [-0.2, -0.15) is 9.97 Å². The number of hydrogen-bond acceptors (Lipinski definition) is 6. The number of rotatable bonds is 4. The maximum absolute atomic E-state index is 6.19. The lowest BCUT2D eigenvalue weighted by atomic mass is 10.2. The molecule has 0 aliphatic rings. The molecule has 0 aliphatic carbocycles. The van der Waals surface area contributed by atoms with Gasteiger partial charge in [0.25, 0.3) is 0 Å². The van der Waals surface area contributed by atoms with E-state index in [9.17, 15) is 0 Å². The van der Waals surface area contributed by atoms with Gasteiger partial charge in [-0.25, -0.2) is 0 Å². The summed E-state index contributed by atoms with van der Waals surface area (Å²) in [6, 6.07) is 12.8. The largest absolute Gasteiger partial charge is 0.437 e. The summed E-state index contributed by atoms with van der Waals surface area (Å²) < 4.78 is 12.6. The smallest absolute Gasteiger partial charge is 0.249 e. The van der Waals surface area contributed by atoms with E-state index in [2.05, 4.69) is 30.9 Å². The zero-order valence-electron chi connectivity index (χ0n) is 14.7. The molecular weight excluding hydrogens is 444 g/mol. The molecule has 0 amide bonds. The number of halogens is 2. The van der Waals surface area contributed by atoms with Gasteiger partial charge >= 0.3 is 0 Å². The van der Waals surface area contributed by atoms with Gasteiger partial charge in [-0.1, -0.05) is 33.6 Å². The van der Waals surface area contributed by atoms with E-state index < -0.39 is 0 Å². The molecular formula is C20H14BrClN4O2. The van der Waals surface area contributed by atoms with Crippen LogP contribution in [-0.4, -0.2) is 15.0 Å². The molecule has 6 nitrogen and oxygen atoms in total. The van der Waals surface area contributed by atoms with Crippen molar-refractivity contribution in [2.75, 3.05) is 5.73 Å². The molecule has 0 spiro atoms. The van der Waals surface area contributed by atoms with Crippen LogP contribution in [0.3, 0.4) is 0 Å². The van der Waals surface area contributed by atoms with E-state index in [1.54, 1.807) is 30.5 Å². The second-order valence-electron chi connectivity index (χ2n) is 5.96. The van der Waals surface area contributed by atoms with Crippen molar-refractivity contribution in [1.29, 1.82) is 0 Å². The Labute approximate surface area is 174 Å². The van der Waals surface area contributed by atoms with Crippen LogP contribution in [0.4, 0.5) is 5.69 Å². The van der Waals surface area contributed by atoms with Crippen LogP contribution in [0.25, 0.3) is 10.9 Å². The van der Waals surface area contributed by atoms with Crippen molar-refractivity contribution in [2.24, 2.45) is 0 Å². The minimum atomic E-state index is 0.183. The Bertz CT molecular complexity index is 1190. The van der Waals surface area contributed by atoms with Gasteiger partial charge in [0.05, 0.1) is 0 Å². The number of anilines is 1. The zero-order chi connectivity index (χ0) is 19.7. The zero-order valence-corrected chi connectivity index (χ0v) is 17.0. The van der Waals surface area contributed by atoms with Crippen LogP contribution in [0.15, 0.2) is 59.5 Å². The number of fused-ring (bicyclic) bond motifs is 1. The summed E-state index contributed by atoms with van der Waals surface area (Å²) in [5, 5.41) is 1.57. The molecule has 0 saturated carbocycles. The molecule has 8 heteroatoms. The van der Waals surface area contributed by atoms with Crippen molar-refractivity contribution >= 4 is 44.1 Å². The second kappa shape index (κ2) is 7.61. The molecule has 0 aliphatic heterocycles. The molecule has 0 bridgehead atoms. The summed E-state index contributed by atoms with van der Waals surface area (Å²) in [6.45, 7) is 1.89. The molecule has 4 rings (SSSR count). The highest BCUT2D eigenvalue weighted by atomic mass is 79.9. The van der Waals surface area contributed by atoms with Crippen LogP contribution in [0.1, 0.15) is 5.56 Å². The molecule has 28 heavy (non-hydrogen) atoms. The predicted molar refractivity (Wildman–Crippen MR) is 112 cm³/mol. The first-order valence-electron chi connectivity index (χ1n) is 8.28. The maximum Gasteiger partial charge on any atom is 0.249 e. The summed E-state index contributed by atoms with van der Waals surface area (Å²) in [4.78, 5) is 12.6.